The van der Waals surface area contributed by atoms with E-state index in [1.165, 1.54) is 5.56 Å². The van der Waals surface area contributed by atoms with Gasteiger partial charge in [-0.25, -0.2) is 4.98 Å². The second-order valence-corrected chi connectivity index (χ2v) is 8.41. The van der Waals surface area contributed by atoms with E-state index >= 15 is 0 Å². The number of fused-ring (bicyclic) bond motifs is 1. The molecule has 4 rings (SSSR count). The lowest BCUT2D eigenvalue weighted by Crippen LogP contribution is -2.32. The smallest absolute Gasteiger partial charge is 0.223 e. The summed E-state index contributed by atoms with van der Waals surface area (Å²) in [6, 6.07) is 18.2. The van der Waals surface area contributed by atoms with Gasteiger partial charge in [-0.1, -0.05) is 42.5 Å². The fourth-order valence-corrected chi connectivity index (χ4v) is 4.91. The largest absolute Gasteiger partial charge is 0.356 e. The third-order valence-electron chi connectivity index (χ3n) is 5.31. The van der Waals surface area contributed by atoms with E-state index in [1.54, 1.807) is 11.3 Å². The van der Waals surface area contributed by atoms with Crippen LogP contribution in [0.1, 0.15) is 42.3 Å². The van der Waals surface area contributed by atoms with Gasteiger partial charge in [0.05, 0.1) is 16.3 Å². The average molecular weight is 408 g/mol. The number of para-hydroxylation sites is 1. The molecule has 150 valence electrons. The van der Waals surface area contributed by atoms with E-state index in [0.717, 1.165) is 41.0 Å². The first-order valence-electron chi connectivity index (χ1n) is 10.2. The van der Waals surface area contributed by atoms with E-state index in [0.29, 0.717) is 6.54 Å². The van der Waals surface area contributed by atoms with Crippen LogP contribution in [-0.2, 0) is 16.0 Å². The number of nitrogens with zero attached hydrogens (tertiary/aromatic N) is 2. The lowest BCUT2D eigenvalue weighted by atomic mass is 10.1. The molecule has 1 saturated heterocycles. The van der Waals surface area contributed by atoms with Crippen LogP contribution in [0, 0.1) is 0 Å². The topological polar surface area (TPSA) is 62.3 Å². The molecule has 2 heterocycles. The predicted molar refractivity (Wildman–Crippen MR) is 116 cm³/mol. The molecule has 0 bridgehead atoms. The molecule has 1 N–H and O–H groups in total. The molecule has 1 aliphatic heterocycles. The third-order valence-corrected chi connectivity index (χ3v) is 6.45. The third kappa shape index (κ3) is 4.82. The normalized spacial score (nSPS) is 16.3. The number of nitrogens with one attached hydrogen (secondary N) is 1. The van der Waals surface area contributed by atoms with Crippen molar-refractivity contribution in [1.82, 2.24) is 15.2 Å². The SMILES string of the molecule is O=C(CCC(=O)N1CCC[C@H]1c1nc2ccccc2s1)NCCc1ccccc1. The number of likely N-dealkylation sites (tertiary alicyclic amines) is 1. The van der Waals surface area contributed by atoms with Crippen LogP contribution in [0.25, 0.3) is 10.2 Å². The van der Waals surface area contributed by atoms with Crippen molar-refractivity contribution in [1.29, 1.82) is 0 Å². The molecule has 0 spiro atoms. The molecule has 3 aromatic rings. The van der Waals surface area contributed by atoms with E-state index < -0.39 is 0 Å². The van der Waals surface area contributed by atoms with E-state index in [4.69, 9.17) is 4.98 Å². The Labute approximate surface area is 174 Å². The monoisotopic (exact) mass is 407 g/mol. The Bertz CT molecular complexity index is 953. The van der Waals surface area contributed by atoms with Crippen LogP contribution in [0.15, 0.2) is 54.6 Å². The molecule has 0 radical (unpaired) electrons. The van der Waals surface area contributed by atoms with Crippen molar-refractivity contribution in [3.05, 3.63) is 65.2 Å². The summed E-state index contributed by atoms with van der Waals surface area (Å²) < 4.78 is 1.15. The molecule has 0 unspecified atom stereocenters. The maximum atomic E-state index is 12.8. The molecule has 1 aromatic heterocycles. The maximum absolute atomic E-state index is 12.8. The van der Waals surface area contributed by atoms with Gasteiger partial charge in [0.2, 0.25) is 11.8 Å². The molecule has 6 heteroatoms. The Morgan fingerprint density at radius 3 is 2.69 bits per heavy atom. The van der Waals surface area contributed by atoms with Crippen molar-refractivity contribution in [3.8, 4) is 0 Å². The van der Waals surface area contributed by atoms with Gasteiger partial charge in [-0.05, 0) is 37.0 Å². The number of carbonyl (C=O) groups is 2. The Morgan fingerprint density at radius 2 is 1.86 bits per heavy atom. The first kappa shape index (κ1) is 19.6. The first-order valence-corrected chi connectivity index (χ1v) is 11.0. The van der Waals surface area contributed by atoms with E-state index in [1.807, 2.05) is 53.4 Å². The van der Waals surface area contributed by atoms with Crippen LogP contribution in [0.3, 0.4) is 0 Å². The second-order valence-electron chi connectivity index (χ2n) is 7.35. The molecule has 5 nitrogen and oxygen atoms in total. The summed E-state index contributed by atoms with van der Waals surface area (Å²) >= 11 is 1.66. The fourth-order valence-electron chi connectivity index (χ4n) is 3.80. The number of thiazole rings is 1. The lowest BCUT2D eigenvalue weighted by molar-refractivity contribution is -0.134. The molecular formula is C23H25N3O2S. The second kappa shape index (κ2) is 9.18. The van der Waals surface area contributed by atoms with Crippen molar-refractivity contribution in [2.24, 2.45) is 0 Å². The zero-order valence-electron chi connectivity index (χ0n) is 16.3. The van der Waals surface area contributed by atoms with Crippen LogP contribution in [0.2, 0.25) is 0 Å². The molecule has 2 aromatic carbocycles. The molecular weight excluding hydrogens is 382 g/mol. The predicted octanol–water partition coefficient (Wildman–Crippen LogP) is 4.10. The van der Waals surface area contributed by atoms with Gasteiger partial charge in [0.1, 0.15) is 5.01 Å². The van der Waals surface area contributed by atoms with Crippen LogP contribution in [-0.4, -0.2) is 34.8 Å². The molecule has 1 fully saturated rings. The van der Waals surface area contributed by atoms with Crippen molar-refractivity contribution in [2.75, 3.05) is 13.1 Å². The van der Waals surface area contributed by atoms with Crippen LogP contribution >= 0.6 is 11.3 Å². The average Bonchev–Trinajstić information content (AvgIpc) is 3.39. The highest BCUT2D eigenvalue weighted by molar-refractivity contribution is 7.18. The summed E-state index contributed by atoms with van der Waals surface area (Å²) in [4.78, 5) is 31.5. The van der Waals surface area contributed by atoms with Crippen molar-refractivity contribution >= 4 is 33.4 Å². The van der Waals surface area contributed by atoms with Gasteiger partial charge in [0.15, 0.2) is 0 Å². The summed E-state index contributed by atoms with van der Waals surface area (Å²) in [5.41, 5.74) is 2.18. The van der Waals surface area contributed by atoms with E-state index in [2.05, 4.69) is 11.4 Å². The number of hydrogen-bond donors (Lipinski definition) is 1. The maximum Gasteiger partial charge on any atom is 0.223 e. The molecule has 2 amide bonds. The summed E-state index contributed by atoms with van der Waals surface area (Å²) in [5, 5.41) is 3.92. The Morgan fingerprint density at radius 1 is 1.07 bits per heavy atom. The van der Waals surface area contributed by atoms with Gasteiger partial charge in [-0.3, -0.25) is 9.59 Å². The van der Waals surface area contributed by atoms with Crippen molar-refractivity contribution < 1.29 is 9.59 Å². The zero-order chi connectivity index (χ0) is 20.1. The minimum atomic E-state index is -0.0648. The van der Waals surface area contributed by atoms with Crippen molar-refractivity contribution in [3.63, 3.8) is 0 Å². The number of amides is 2. The number of hydrogen-bond acceptors (Lipinski definition) is 4. The number of rotatable bonds is 7. The Kier molecular flexibility index (Phi) is 6.20. The number of benzene rings is 2. The summed E-state index contributed by atoms with van der Waals surface area (Å²) in [7, 11) is 0. The highest BCUT2D eigenvalue weighted by Gasteiger charge is 2.32. The molecule has 1 aliphatic rings. The van der Waals surface area contributed by atoms with Gasteiger partial charge < -0.3 is 10.2 Å². The number of carbonyl (C=O) groups excluding carboxylic acids is 2. The van der Waals surface area contributed by atoms with E-state index in [-0.39, 0.29) is 30.7 Å². The standard InChI is InChI=1S/C23H25N3O2S/c27-21(24-15-14-17-7-2-1-3-8-17)12-13-22(28)26-16-6-10-19(26)23-25-18-9-4-5-11-20(18)29-23/h1-5,7-9,11,19H,6,10,12-16H2,(H,24,27)/t19-/m0/s1. The minimum absolute atomic E-state index is 0.0426. The van der Waals surface area contributed by atoms with Crippen LogP contribution in [0.4, 0.5) is 0 Å². The summed E-state index contributed by atoms with van der Waals surface area (Å²) in [5.74, 6) is -0.0185. The summed E-state index contributed by atoms with van der Waals surface area (Å²) in [6.45, 7) is 1.34. The zero-order valence-corrected chi connectivity index (χ0v) is 17.2. The summed E-state index contributed by atoms with van der Waals surface area (Å²) in [6.07, 6.45) is 3.20. The minimum Gasteiger partial charge on any atom is -0.356 e. The van der Waals surface area contributed by atoms with Gasteiger partial charge in [-0.2, -0.15) is 0 Å². The van der Waals surface area contributed by atoms with Crippen molar-refractivity contribution in [2.45, 2.75) is 38.1 Å². The van der Waals surface area contributed by atoms with E-state index in [9.17, 15) is 9.59 Å². The molecule has 1 atom stereocenters. The molecule has 0 saturated carbocycles. The van der Waals surface area contributed by atoms with Crippen LogP contribution < -0.4 is 5.32 Å². The van der Waals surface area contributed by atoms with Gasteiger partial charge in [0.25, 0.3) is 0 Å². The molecule has 29 heavy (non-hydrogen) atoms. The highest BCUT2D eigenvalue weighted by atomic mass is 32.1. The number of aromatic nitrogens is 1. The first-order chi connectivity index (χ1) is 14.2. The molecule has 0 aliphatic carbocycles. The highest BCUT2D eigenvalue weighted by Crippen LogP contribution is 2.36. The van der Waals surface area contributed by atoms with Crippen LogP contribution in [0.5, 0.6) is 0 Å². The quantitative estimate of drug-likeness (QED) is 0.641. The fraction of sp³-hybridized carbons (Fsp3) is 0.348. The Hall–Kier alpha value is -2.73. The van der Waals surface area contributed by atoms with Gasteiger partial charge in [0, 0.05) is 25.9 Å². The lowest BCUT2D eigenvalue weighted by Gasteiger charge is -2.23. The van der Waals surface area contributed by atoms with Gasteiger partial charge >= 0.3 is 0 Å². The van der Waals surface area contributed by atoms with Gasteiger partial charge in [-0.15, -0.1) is 11.3 Å². The Balaban J connectivity index is 1.27.